The van der Waals surface area contributed by atoms with Crippen LogP contribution in [0.4, 0.5) is 0 Å². The maximum atomic E-state index is 4.96. The Kier molecular flexibility index (Phi) is 2.65. The Hall–Kier alpha value is -0.940. The van der Waals surface area contributed by atoms with Crippen molar-refractivity contribution in [2.24, 2.45) is 5.92 Å². The minimum Gasteiger partial charge on any atom is -0.340 e. The first kappa shape index (κ1) is 10.2. The summed E-state index contributed by atoms with van der Waals surface area (Å²) in [4.78, 5) is 6.76. The number of rotatable bonds is 3. The lowest BCUT2D eigenvalue weighted by molar-refractivity contribution is 0.219. The maximum absolute atomic E-state index is 4.96. The molecular weight excluding hydrogens is 204 g/mol. The molecule has 2 aliphatic rings. The van der Waals surface area contributed by atoms with Crippen LogP contribution in [-0.2, 0) is 6.54 Å². The van der Waals surface area contributed by atoms with E-state index in [4.69, 9.17) is 4.52 Å². The summed E-state index contributed by atoms with van der Waals surface area (Å²) in [5.74, 6) is 2.24. The van der Waals surface area contributed by atoms with E-state index >= 15 is 0 Å². The molecule has 1 aromatic rings. The zero-order valence-corrected chi connectivity index (χ0v) is 9.65. The van der Waals surface area contributed by atoms with E-state index in [-0.39, 0.29) is 0 Å². The van der Waals surface area contributed by atoms with Crippen LogP contribution in [0.15, 0.2) is 4.52 Å². The van der Waals surface area contributed by atoms with Crippen LogP contribution in [0.2, 0.25) is 0 Å². The van der Waals surface area contributed by atoms with Crippen LogP contribution >= 0.6 is 0 Å². The number of piperidine rings is 1. The van der Waals surface area contributed by atoms with Crippen molar-refractivity contribution in [1.29, 1.82) is 0 Å². The van der Waals surface area contributed by atoms with E-state index in [1.165, 1.54) is 32.5 Å². The van der Waals surface area contributed by atoms with Crippen molar-refractivity contribution in [3.8, 4) is 0 Å². The van der Waals surface area contributed by atoms with Crippen LogP contribution in [0.3, 0.4) is 0 Å². The van der Waals surface area contributed by atoms with Gasteiger partial charge in [-0.15, -0.1) is 0 Å². The first-order chi connectivity index (χ1) is 7.81. The van der Waals surface area contributed by atoms with E-state index in [0.717, 1.165) is 18.3 Å². The van der Waals surface area contributed by atoms with E-state index in [1.54, 1.807) is 0 Å². The first-order valence-corrected chi connectivity index (χ1v) is 6.06. The summed E-state index contributed by atoms with van der Waals surface area (Å²) in [6.07, 6.45) is 2.59. The summed E-state index contributed by atoms with van der Waals surface area (Å²) < 4.78 is 4.96. The number of hydrogen-bond donors (Lipinski definition) is 1. The highest BCUT2D eigenvalue weighted by Gasteiger charge is 2.33. The fraction of sp³-hybridized carbons (Fsp3) is 0.818. The van der Waals surface area contributed by atoms with E-state index in [1.807, 2.05) is 6.92 Å². The molecule has 0 aromatic carbocycles. The van der Waals surface area contributed by atoms with Gasteiger partial charge >= 0.3 is 0 Å². The molecule has 5 heteroatoms. The summed E-state index contributed by atoms with van der Waals surface area (Å²) in [6.45, 7) is 6.34. The molecule has 3 rings (SSSR count). The van der Waals surface area contributed by atoms with Crippen molar-refractivity contribution in [3.63, 3.8) is 0 Å². The van der Waals surface area contributed by atoms with Crippen molar-refractivity contribution >= 4 is 0 Å². The van der Waals surface area contributed by atoms with Gasteiger partial charge < -0.3 is 14.7 Å². The van der Waals surface area contributed by atoms with Gasteiger partial charge in [0.1, 0.15) is 0 Å². The SMILES string of the molecule is Cc1nc(CNC2CCN3CCC2C3)no1. The highest BCUT2D eigenvalue weighted by Crippen LogP contribution is 2.27. The monoisotopic (exact) mass is 222 g/mol. The summed E-state index contributed by atoms with van der Waals surface area (Å²) >= 11 is 0. The molecule has 2 aliphatic heterocycles. The molecule has 16 heavy (non-hydrogen) atoms. The Bertz CT molecular complexity index is 365. The maximum Gasteiger partial charge on any atom is 0.223 e. The number of nitrogens with one attached hydrogen (secondary N) is 1. The van der Waals surface area contributed by atoms with Crippen molar-refractivity contribution in [2.45, 2.75) is 32.4 Å². The topological polar surface area (TPSA) is 54.2 Å². The van der Waals surface area contributed by atoms with Crippen LogP contribution in [0.25, 0.3) is 0 Å². The Balaban J connectivity index is 1.55. The Labute approximate surface area is 95.2 Å². The van der Waals surface area contributed by atoms with Crippen LogP contribution in [0.5, 0.6) is 0 Å². The lowest BCUT2D eigenvalue weighted by Crippen LogP contribution is -2.43. The Morgan fingerprint density at radius 3 is 3.12 bits per heavy atom. The summed E-state index contributed by atoms with van der Waals surface area (Å²) in [6, 6.07) is 0.637. The zero-order valence-electron chi connectivity index (χ0n) is 9.65. The molecule has 0 aliphatic carbocycles. The Morgan fingerprint density at radius 2 is 2.31 bits per heavy atom. The van der Waals surface area contributed by atoms with Gasteiger partial charge in [0.25, 0.3) is 0 Å². The van der Waals surface area contributed by atoms with Gasteiger partial charge in [-0.2, -0.15) is 4.98 Å². The number of nitrogens with zero attached hydrogens (tertiary/aromatic N) is 3. The van der Waals surface area contributed by atoms with Crippen molar-refractivity contribution in [2.75, 3.05) is 19.6 Å². The third kappa shape index (κ3) is 1.97. The second kappa shape index (κ2) is 4.14. The molecule has 2 bridgehead atoms. The van der Waals surface area contributed by atoms with Crippen LogP contribution < -0.4 is 5.32 Å². The van der Waals surface area contributed by atoms with Gasteiger partial charge in [-0.3, -0.25) is 0 Å². The van der Waals surface area contributed by atoms with Crippen molar-refractivity contribution in [3.05, 3.63) is 11.7 Å². The standard InChI is InChI=1S/C11H18N4O/c1-8-13-11(14-16-8)6-12-10-3-5-15-4-2-9(10)7-15/h9-10,12H,2-7H2,1H3. The lowest BCUT2D eigenvalue weighted by Gasteiger charge is -2.30. The van der Waals surface area contributed by atoms with Crippen LogP contribution in [-0.4, -0.2) is 40.7 Å². The summed E-state index contributed by atoms with van der Waals surface area (Å²) in [7, 11) is 0. The predicted octanol–water partition coefficient (Wildman–Crippen LogP) is 0.562. The fourth-order valence-electron chi connectivity index (χ4n) is 2.86. The number of aromatic nitrogens is 2. The van der Waals surface area contributed by atoms with Crippen LogP contribution in [0.1, 0.15) is 24.6 Å². The molecule has 2 fully saturated rings. The molecule has 3 heterocycles. The minimum absolute atomic E-state index is 0.637. The first-order valence-electron chi connectivity index (χ1n) is 6.06. The van der Waals surface area contributed by atoms with E-state index < -0.39 is 0 Å². The highest BCUT2D eigenvalue weighted by molar-refractivity contribution is 4.92. The third-order valence-electron chi connectivity index (χ3n) is 3.73. The van der Waals surface area contributed by atoms with Gasteiger partial charge in [-0.05, 0) is 31.8 Å². The largest absolute Gasteiger partial charge is 0.340 e. The lowest BCUT2D eigenvalue weighted by atomic mass is 9.94. The van der Waals surface area contributed by atoms with E-state index in [0.29, 0.717) is 11.9 Å². The van der Waals surface area contributed by atoms with Gasteiger partial charge in [0.15, 0.2) is 5.82 Å². The molecule has 0 spiro atoms. The van der Waals surface area contributed by atoms with Crippen molar-refractivity contribution in [1.82, 2.24) is 20.4 Å². The minimum atomic E-state index is 0.637. The molecule has 0 radical (unpaired) electrons. The van der Waals surface area contributed by atoms with Crippen LogP contribution in [0, 0.1) is 12.8 Å². The molecule has 1 aromatic heterocycles. The van der Waals surface area contributed by atoms with E-state index in [9.17, 15) is 0 Å². The predicted molar refractivity (Wildman–Crippen MR) is 58.8 cm³/mol. The number of aryl methyl sites for hydroxylation is 1. The molecule has 3 atom stereocenters. The van der Waals surface area contributed by atoms with Gasteiger partial charge in [0, 0.05) is 19.5 Å². The Morgan fingerprint density at radius 1 is 1.44 bits per heavy atom. The van der Waals surface area contributed by atoms with Gasteiger partial charge in [0.05, 0.1) is 6.54 Å². The van der Waals surface area contributed by atoms with Crippen molar-refractivity contribution < 1.29 is 4.52 Å². The normalized spacial score (nSPS) is 33.2. The third-order valence-corrected chi connectivity index (χ3v) is 3.73. The molecule has 1 N–H and O–H groups in total. The summed E-state index contributed by atoms with van der Waals surface area (Å²) in [5.41, 5.74) is 0. The molecule has 0 amide bonds. The smallest absolute Gasteiger partial charge is 0.223 e. The number of hydrogen-bond acceptors (Lipinski definition) is 5. The summed E-state index contributed by atoms with van der Waals surface area (Å²) in [5, 5.41) is 7.47. The molecule has 88 valence electrons. The fourth-order valence-corrected chi connectivity index (χ4v) is 2.86. The molecular formula is C11H18N4O. The van der Waals surface area contributed by atoms with E-state index in [2.05, 4.69) is 20.4 Å². The van der Waals surface area contributed by atoms with Gasteiger partial charge in [-0.1, -0.05) is 5.16 Å². The van der Waals surface area contributed by atoms with Gasteiger partial charge in [-0.25, -0.2) is 0 Å². The molecule has 0 saturated carbocycles. The molecule has 2 saturated heterocycles. The second-order valence-electron chi connectivity index (χ2n) is 4.86. The van der Waals surface area contributed by atoms with Gasteiger partial charge in [0.2, 0.25) is 5.89 Å². The quantitative estimate of drug-likeness (QED) is 0.810. The molecule has 3 unspecified atom stereocenters. The second-order valence-corrected chi connectivity index (χ2v) is 4.86. The average Bonchev–Trinajstić information content (AvgIpc) is 2.86. The number of fused-ring (bicyclic) bond motifs is 2. The highest BCUT2D eigenvalue weighted by atomic mass is 16.5. The average molecular weight is 222 g/mol. The molecule has 5 nitrogen and oxygen atoms in total. The zero-order chi connectivity index (χ0) is 11.0.